The summed E-state index contributed by atoms with van der Waals surface area (Å²) in [6.07, 6.45) is 0.476. The van der Waals surface area contributed by atoms with Gasteiger partial charge >= 0.3 is 5.97 Å². The van der Waals surface area contributed by atoms with E-state index in [1.165, 1.54) is 0 Å². The molecule has 0 bridgehead atoms. The lowest BCUT2D eigenvalue weighted by molar-refractivity contribution is -0.136. The van der Waals surface area contributed by atoms with Crippen LogP contribution in [0.25, 0.3) is 0 Å². The van der Waals surface area contributed by atoms with Gasteiger partial charge in [-0.15, -0.1) is 0 Å². The zero-order valence-electron chi connectivity index (χ0n) is 8.91. The van der Waals surface area contributed by atoms with Crippen LogP contribution in [0.4, 0.5) is 0 Å². The summed E-state index contributed by atoms with van der Waals surface area (Å²) < 4.78 is 0. The lowest BCUT2D eigenvalue weighted by atomic mass is 10.00. The fraction of sp³-hybridized carbons (Fsp3) is 0.333. The highest BCUT2D eigenvalue weighted by molar-refractivity contribution is 5.96. The summed E-state index contributed by atoms with van der Waals surface area (Å²) in [7, 11) is 0. The van der Waals surface area contributed by atoms with Crippen LogP contribution in [-0.4, -0.2) is 16.9 Å². The number of hydrogen-bond donors (Lipinski definition) is 1. The summed E-state index contributed by atoms with van der Waals surface area (Å²) in [6, 6.07) is 5.16. The van der Waals surface area contributed by atoms with Gasteiger partial charge in [0.15, 0.2) is 5.78 Å². The van der Waals surface area contributed by atoms with Gasteiger partial charge in [-0.2, -0.15) is 0 Å². The number of ketones is 1. The molecule has 0 amide bonds. The summed E-state index contributed by atoms with van der Waals surface area (Å²) in [5.41, 5.74) is 2.27. The summed E-state index contributed by atoms with van der Waals surface area (Å²) in [6.45, 7) is 3.63. The molecular weight excluding hydrogens is 192 g/mol. The lowest BCUT2D eigenvalue weighted by Gasteiger charge is -2.05. The van der Waals surface area contributed by atoms with Crippen molar-refractivity contribution >= 4 is 11.8 Å². The van der Waals surface area contributed by atoms with E-state index in [4.69, 9.17) is 5.11 Å². The summed E-state index contributed by atoms with van der Waals surface area (Å²) >= 11 is 0. The van der Waals surface area contributed by atoms with Crippen LogP contribution < -0.4 is 0 Å². The number of carbonyl (C=O) groups excluding carboxylic acids is 1. The second-order valence-electron chi connectivity index (χ2n) is 3.49. The van der Waals surface area contributed by atoms with Gasteiger partial charge in [-0.25, -0.2) is 0 Å². The Hall–Kier alpha value is -1.64. The number of rotatable bonds is 4. The van der Waals surface area contributed by atoms with Crippen LogP contribution >= 0.6 is 0 Å². The highest BCUT2D eigenvalue weighted by Gasteiger charge is 2.07. The molecule has 0 saturated heterocycles. The second-order valence-corrected chi connectivity index (χ2v) is 3.49. The Morgan fingerprint density at radius 3 is 2.47 bits per heavy atom. The predicted octanol–water partition coefficient (Wildman–Crippen LogP) is 2.21. The zero-order valence-corrected chi connectivity index (χ0v) is 8.91. The average Bonchev–Trinajstić information content (AvgIpc) is 2.19. The van der Waals surface area contributed by atoms with Crippen molar-refractivity contribution in [1.82, 2.24) is 0 Å². The van der Waals surface area contributed by atoms with Crippen molar-refractivity contribution in [1.29, 1.82) is 0 Å². The first-order valence-corrected chi connectivity index (χ1v) is 4.89. The van der Waals surface area contributed by atoms with Gasteiger partial charge in [0.25, 0.3) is 0 Å². The molecule has 0 unspecified atom stereocenters. The smallest absolute Gasteiger partial charge is 0.307 e. The Labute approximate surface area is 88.7 Å². The third kappa shape index (κ3) is 2.91. The molecule has 0 aromatic heterocycles. The highest BCUT2D eigenvalue weighted by Crippen LogP contribution is 2.13. The third-order valence-electron chi connectivity index (χ3n) is 2.33. The van der Waals surface area contributed by atoms with E-state index in [2.05, 4.69) is 0 Å². The van der Waals surface area contributed by atoms with Crippen molar-refractivity contribution in [2.75, 3.05) is 0 Å². The normalized spacial score (nSPS) is 10.0. The van der Waals surface area contributed by atoms with Crippen molar-refractivity contribution in [3.63, 3.8) is 0 Å². The monoisotopic (exact) mass is 206 g/mol. The van der Waals surface area contributed by atoms with E-state index in [0.29, 0.717) is 12.0 Å². The summed E-state index contributed by atoms with van der Waals surface area (Å²) in [4.78, 5) is 21.9. The standard InChI is InChI=1S/C12H14O3/c1-3-11(13)10-5-4-9(7-12(14)15)8(2)6-10/h4-6H,3,7H2,1-2H3,(H,14,15). The Kier molecular flexibility index (Phi) is 3.61. The van der Waals surface area contributed by atoms with E-state index in [9.17, 15) is 9.59 Å². The number of Topliss-reactive ketones (excluding diaryl/α,β-unsaturated/α-hetero) is 1. The van der Waals surface area contributed by atoms with Gasteiger partial charge < -0.3 is 5.11 Å². The molecule has 0 aliphatic carbocycles. The number of aryl methyl sites for hydroxylation is 1. The van der Waals surface area contributed by atoms with Crippen LogP contribution in [0.5, 0.6) is 0 Å². The number of aliphatic carboxylic acids is 1. The van der Waals surface area contributed by atoms with E-state index in [1.54, 1.807) is 18.2 Å². The molecule has 1 aromatic rings. The first-order chi connectivity index (χ1) is 7.04. The minimum Gasteiger partial charge on any atom is -0.481 e. The lowest BCUT2D eigenvalue weighted by Crippen LogP contribution is -2.04. The number of carboxylic acids is 1. The fourth-order valence-electron chi connectivity index (χ4n) is 1.43. The van der Waals surface area contributed by atoms with Gasteiger partial charge in [-0.1, -0.05) is 19.1 Å². The Morgan fingerprint density at radius 1 is 1.33 bits per heavy atom. The molecule has 3 nitrogen and oxygen atoms in total. The molecule has 0 spiro atoms. The zero-order chi connectivity index (χ0) is 11.4. The number of carboxylic acid groups (broad SMARTS) is 1. The maximum Gasteiger partial charge on any atom is 0.307 e. The van der Waals surface area contributed by atoms with E-state index in [-0.39, 0.29) is 12.2 Å². The molecule has 3 heteroatoms. The molecule has 1 aromatic carbocycles. The van der Waals surface area contributed by atoms with Crippen LogP contribution in [0.2, 0.25) is 0 Å². The molecule has 1 rings (SSSR count). The van der Waals surface area contributed by atoms with Crippen molar-refractivity contribution in [3.8, 4) is 0 Å². The molecule has 0 aliphatic rings. The topological polar surface area (TPSA) is 54.4 Å². The Morgan fingerprint density at radius 2 is 2.00 bits per heavy atom. The summed E-state index contributed by atoms with van der Waals surface area (Å²) in [5.74, 6) is -0.771. The quantitative estimate of drug-likeness (QED) is 0.768. The highest BCUT2D eigenvalue weighted by atomic mass is 16.4. The molecule has 15 heavy (non-hydrogen) atoms. The molecule has 0 heterocycles. The molecule has 0 atom stereocenters. The third-order valence-corrected chi connectivity index (χ3v) is 2.33. The molecule has 0 saturated carbocycles. The van der Waals surface area contributed by atoms with Gasteiger partial charge in [0, 0.05) is 12.0 Å². The van der Waals surface area contributed by atoms with E-state index < -0.39 is 5.97 Å². The van der Waals surface area contributed by atoms with Crippen molar-refractivity contribution in [2.24, 2.45) is 0 Å². The van der Waals surface area contributed by atoms with Crippen LogP contribution in [0.1, 0.15) is 34.8 Å². The van der Waals surface area contributed by atoms with Crippen molar-refractivity contribution in [3.05, 3.63) is 34.9 Å². The second kappa shape index (κ2) is 4.73. The molecular formula is C12H14O3. The van der Waals surface area contributed by atoms with Gasteiger partial charge in [0.1, 0.15) is 0 Å². The van der Waals surface area contributed by atoms with E-state index >= 15 is 0 Å². The van der Waals surface area contributed by atoms with Gasteiger partial charge in [-0.3, -0.25) is 9.59 Å². The van der Waals surface area contributed by atoms with Gasteiger partial charge in [0.2, 0.25) is 0 Å². The van der Waals surface area contributed by atoms with Crippen LogP contribution in [0, 0.1) is 6.92 Å². The van der Waals surface area contributed by atoms with E-state index in [1.807, 2.05) is 13.8 Å². The molecule has 0 radical (unpaired) electrons. The average molecular weight is 206 g/mol. The minimum atomic E-state index is -0.854. The van der Waals surface area contributed by atoms with E-state index in [0.717, 1.165) is 11.1 Å². The Balaban J connectivity index is 2.97. The molecule has 0 aliphatic heterocycles. The van der Waals surface area contributed by atoms with Crippen LogP contribution in [0.15, 0.2) is 18.2 Å². The Bertz CT molecular complexity index is 394. The molecule has 80 valence electrons. The maximum atomic E-state index is 11.4. The minimum absolute atomic E-state index is 0.00638. The number of carbonyl (C=O) groups is 2. The number of hydrogen-bond acceptors (Lipinski definition) is 2. The van der Waals surface area contributed by atoms with Gasteiger partial charge in [0.05, 0.1) is 6.42 Å². The SMILES string of the molecule is CCC(=O)c1ccc(CC(=O)O)c(C)c1. The fourth-order valence-corrected chi connectivity index (χ4v) is 1.43. The summed E-state index contributed by atoms with van der Waals surface area (Å²) in [5, 5.41) is 8.65. The largest absolute Gasteiger partial charge is 0.481 e. The molecule has 1 N–H and O–H groups in total. The first-order valence-electron chi connectivity index (χ1n) is 4.89. The predicted molar refractivity (Wildman–Crippen MR) is 57.1 cm³/mol. The van der Waals surface area contributed by atoms with Crippen LogP contribution in [-0.2, 0) is 11.2 Å². The van der Waals surface area contributed by atoms with Crippen molar-refractivity contribution in [2.45, 2.75) is 26.7 Å². The first kappa shape index (κ1) is 11.4. The molecule has 0 fully saturated rings. The number of benzene rings is 1. The van der Waals surface area contributed by atoms with Crippen molar-refractivity contribution < 1.29 is 14.7 Å². The van der Waals surface area contributed by atoms with Gasteiger partial charge in [-0.05, 0) is 24.1 Å². The van der Waals surface area contributed by atoms with Crippen LogP contribution in [0.3, 0.4) is 0 Å². The maximum absolute atomic E-state index is 11.4.